The molecule has 2 N–H and O–H groups in total. The summed E-state index contributed by atoms with van der Waals surface area (Å²) in [6, 6.07) is 14.5. The number of benzene rings is 2. The first-order valence-corrected chi connectivity index (χ1v) is 9.97. The summed E-state index contributed by atoms with van der Waals surface area (Å²) in [6.45, 7) is 4.20. The molecule has 0 bridgehead atoms. The number of fused-ring (bicyclic) bond motifs is 1. The number of piperidine rings is 1. The second kappa shape index (κ2) is 8.48. The van der Waals surface area contributed by atoms with Crippen LogP contribution in [0.25, 0.3) is 0 Å². The van der Waals surface area contributed by atoms with Gasteiger partial charge < -0.3 is 25.0 Å². The third kappa shape index (κ3) is 4.63. The van der Waals surface area contributed by atoms with Crippen LogP contribution in [-0.2, 0) is 6.54 Å². The number of ether oxygens (including phenoxy) is 2. The van der Waals surface area contributed by atoms with Gasteiger partial charge in [0.2, 0.25) is 0 Å². The van der Waals surface area contributed by atoms with Crippen molar-refractivity contribution >= 4 is 28.7 Å². The molecule has 6 heteroatoms. The zero-order valence-electron chi connectivity index (χ0n) is 15.4. The Labute approximate surface area is 165 Å². The third-order valence-corrected chi connectivity index (χ3v) is 5.16. The van der Waals surface area contributed by atoms with Crippen LogP contribution in [0.15, 0.2) is 42.5 Å². The minimum absolute atomic E-state index is 0.576. The first kappa shape index (κ1) is 17.9. The highest BCUT2D eigenvalue weighted by molar-refractivity contribution is 7.80. The van der Waals surface area contributed by atoms with Gasteiger partial charge in [-0.15, -0.1) is 0 Å². The van der Waals surface area contributed by atoms with Crippen molar-refractivity contribution in [2.75, 3.05) is 36.5 Å². The van der Waals surface area contributed by atoms with Crippen molar-refractivity contribution in [2.24, 2.45) is 0 Å². The summed E-state index contributed by atoms with van der Waals surface area (Å²) in [5.41, 5.74) is 3.41. The molecule has 2 aliphatic rings. The van der Waals surface area contributed by atoms with Crippen molar-refractivity contribution in [3.63, 3.8) is 0 Å². The van der Waals surface area contributed by atoms with E-state index in [2.05, 4.69) is 39.8 Å². The maximum absolute atomic E-state index is 5.60. The standard InChI is InChI=1S/C21H25N3O2S/c27-21(23-17-6-9-19-20(14-17)26-13-12-25-19)22-15-16-4-7-18(8-5-16)24-10-2-1-3-11-24/h4-9,14H,1-3,10-13,15H2,(H2,22,23,27). The normalized spacial score (nSPS) is 15.9. The van der Waals surface area contributed by atoms with Crippen molar-refractivity contribution in [3.05, 3.63) is 48.0 Å². The van der Waals surface area contributed by atoms with Gasteiger partial charge in [0.1, 0.15) is 13.2 Å². The van der Waals surface area contributed by atoms with Crippen LogP contribution >= 0.6 is 12.2 Å². The Morgan fingerprint density at radius 2 is 1.67 bits per heavy atom. The minimum atomic E-state index is 0.576. The quantitative estimate of drug-likeness (QED) is 0.780. The summed E-state index contributed by atoms with van der Waals surface area (Å²) < 4.78 is 11.1. The van der Waals surface area contributed by atoms with Crippen LogP contribution in [0, 0.1) is 0 Å². The Hall–Kier alpha value is -2.47. The van der Waals surface area contributed by atoms with Crippen molar-refractivity contribution in [1.29, 1.82) is 0 Å². The molecule has 0 aliphatic carbocycles. The number of thiocarbonyl (C=S) groups is 1. The number of nitrogens with one attached hydrogen (secondary N) is 2. The van der Waals surface area contributed by atoms with E-state index in [4.69, 9.17) is 21.7 Å². The van der Waals surface area contributed by atoms with E-state index in [1.54, 1.807) is 0 Å². The van der Waals surface area contributed by atoms with Crippen LogP contribution in [0.4, 0.5) is 11.4 Å². The van der Waals surface area contributed by atoms with Crippen LogP contribution in [0.5, 0.6) is 11.5 Å². The van der Waals surface area contributed by atoms with Gasteiger partial charge in [-0.1, -0.05) is 12.1 Å². The second-order valence-corrected chi connectivity index (χ2v) is 7.29. The Morgan fingerprint density at radius 1 is 0.926 bits per heavy atom. The first-order valence-electron chi connectivity index (χ1n) is 9.56. The molecular weight excluding hydrogens is 358 g/mol. The van der Waals surface area contributed by atoms with Crippen LogP contribution in [0.1, 0.15) is 24.8 Å². The Morgan fingerprint density at radius 3 is 2.44 bits per heavy atom. The van der Waals surface area contributed by atoms with Gasteiger partial charge >= 0.3 is 0 Å². The molecule has 0 saturated carbocycles. The van der Waals surface area contributed by atoms with Gasteiger partial charge in [0, 0.05) is 37.1 Å². The van der Waals surface area contributed by atoms with Gasteiger partial charge in [-0.3, -0.25) is 0 Å². The monoisotopic (exact) mass is 383 g/mol. The largest absolute Gasteiger partial charge is 0.486 e. The summed E-state index contributed by atoms with van der Waals surface area (Å²) in [7, 11) is 0. The lowest BCUT2D eigenvalue weighted by Gasteiger charge is -2.28. The van der Waals surface area contributed by atoms with Gasteiger partial charge in [0.05, 0.1) is 0 Å². The van der Waals surface area contributed by atoms with Crippen LogP contribution in [-0.4, -0.2) is 31.4 Å². The van der Waals surface area contributed by atoms with Crippen LogP contribution < -0.4 is 25.0 Å². The topological polar surface area (TPSA) is 45.8 Å². The summed E-state index contributed by atoms with van der Waals surface area (Å²) in [4.78, 5) is 2.47. The molecule has 2 aromatic carbocycles. The fourth-order valence-corrected chi connectivity index (χ4v) is 3.65. The van der Waals surface area contributed by atoms with E-state index in [0.29, 0.717) is 24.9 Å². The van der Waals surface area contributed by atoms with Crippen LogP contribution in [0.2, 0.25) is 0 Å². The zero-order valence-corrected chi connectivity index (χ0v) is 16.2. The molecule has 27 heavy (non-hydrogen) atoms. The highest BCUT2D eigenvalue weighted by atomic mass is 32.1. The smallest absolute Gasteiger partial charge is 0.171 e. The second-order valence-electron chi connectivity index (χ2n) is 6.88. The molecule has 0 spiro atoms. The van der Waals surface area contributed by atoms with E-state index in [9.17, 15) is 0 Å². The van der Waals surface area contributed by atoms with Gasteiger partial charge in [0.25, 0.3) is 0 Å². The molecule has 0 atom stereocenters. The van der Waals surface area contributed by atoms with E-state index in [1.807, 2.05) is 18.2 Å². The molecular formula is C21H25N3O2S. The van der Waals surface area contributed by atoms with E-state index in [-0.39, 0.29) is 0 Å². The van der Waals surface area contributed by atoms with Crippen LogP contribution in [0.3, 0.4) is 0 Å². The van der Waals surface area contributed by atoms with E-state index in [0.717, 1.165) is 17.2 Å². The summed E-state index contributed by atoms with van der Waals surface area (Å²) in [5, 5.41) is 7.05. The van der Waals surface area contributed by atoms with Gasteiger partial charge in [-0.2, -0.15) is 0 Å². The number of rotatable bonds is 4. The highest BCUT2D eigenvalue weighted by Gasteiger charge is 2.12. The van der Waals surface area contributed by atoms with Crippen molar-refractivity contribution in [2.45, 2.75) is 25.8 Å². The fraction of sp³-hybridized carbons (Fsp3) is 0.381. The van der Waals surface area contributed by atoms with Gasteiger partial charge in [-0.25, -0.2) is 0 Å². The molecule has 2 heterocycles. The zero-order chi connectivity index (χ0) is 18.5. The van der Waals surface area contributed by atoms with Gasteiger partial charge in [-0.05, 0) is 61.3 Å². The molecule has 1 saturated heterocycles. The SMILES string of the molecule is S=C(NCc1ccc(N2CCCCC2)cc1)Nc1ccc2c(c1)OCCO2. The average molecular weight is 384 g/mol. The third-order valence-electron chi connectivity index (χ3n) is 4.91. The number of hydrogen-bond donors (Lipinski definition) is 2. The molecule has 0 amide bonds. The lowest BCUT2D eigenvalue weighted by Crippen LogP contribution is -2.29. The fourth-order valence-electron chi connectivity index (χ4n) is 3.46. The van der Waals surface area contributed by atoms with E-state index < -0.39 is 0 Å². The van der Waals surface area contributed by atoms with E-state index >= 15 is 0 Å². The Kier molecular flexibility index (Phi) is 5.63. The predicted octanol–water partition coefficient (Wildman–Crippen LogP) is 3.93. The average Bonchev–Trinajstić information content (AvgIpc) is 2.73. The molecule has 142 valence electrons. The predicted molar refractivity (Wildman–Crippen MR) is 113 cm³/mol. The summed E-state index contributed by atoms with van der Waals surface area (Å²) in [6.07, 6.45) is 3.94. The highest BCUT2D eigenvalue weighted by Crippen LogP contribution is 2.32. The maximum Gasteiger partial charge on any atom is 0.171 e. The van der Waals surface area contributed by atoms with Crippen molar-refractivity contribution in [1.82, 2.24) is 5.32 Å². The minimum Gasteiger partial charge on any atom is -0.486 e. The number of anilines is 2. The molecule has 4 rings (SSSR count). The maximum atomic E-state index is 5.60. The summed E-state index contributed by atoms with van der Waals surface area (Å²) in [5.74, 6) is 1.53. The molecule has 5 nitrogen and oxygen atoms in total. The summed E-state index contributed by atoms with van der Waals surface area (Å²) >= 11 is 5.42. The molecule has 2 aliphatic heterocycles. The molecule has 0 radical (unpaired) electrons. The molecule has 0 aromatic heterocycles. The van der Waals surface area contributed by atoms with Crippen molar-refractivity contribution in [3.8, 4) is 11.5 Å². The molecule has 1 fully saturated rings. The van der Waals surface area contributed by atoms with Crippen molar-refractivity contribution < 1.29 is 9.47 Å². The van der Waals surface area contributed by atoms with Gasteiger partial charge in [0.15, 0.2) is 16.6 Å². The Bertz CT molecular complexity index is 789. The number of hydrogen-bond acceptors (Lipinski definition) is 4. The molecule has 2 aromatic rings. The first-order chi connectivity index (χ1) is 13.3. The molecule has 0 unspecified atom stereocenters. The van der Waals surface area contributed by atoms with E-state index in [1.165, 1.54) is 43.6 Å². The lowest BCUT2D eigenvalue weighted by atomic mass is 10.1. The number of nitrogens with zero attached hydrogens (tertiary/aromatic N) is 1. The lowest BCUT2D eigenvalue weighted by molar-refractivity contribution is 0.171. The Balaban J connectivity index is 1.28.